The normalized spacial score (nSPS) is 21.5. The van der Waals surface area contributed by atoms with E-state index in [1.807, 2.05) is 32.1 Å². The van der Waals surface area contributed by atoms with E-state index in [0.29, 0.717) is 13.0 Å². The highest BCUT2D eigenvalue weighted by molar-refractivity contribution is 5.73. The monoisotopic (exact) mass is 420 g/mol. The van der Waals surface area contributed by atoms with Gasteiger partial charge in [0.15, 0.2) is 0 Å². The standard InChI is InChI=1S/C26H28O5/c1-14(2)6-7-16-19(27)9-8-15-18-13-29-21-12-20-17(10-11-26(3,4)31-20)24(28-5)22(21)25(18)30-23(15)16/h6,8-12,18,25,27H,7,13H2,1-5H3/t18-,25+/m1/s1. The molecular formula is C26H28O5. The number of fused-ring (bicyclic) bond motifs is 6. The van der Waals surface area contributed by atoms with E-state index in [9.17, 15) is 5.11 Å². The minimum absolute atomic E-state index is 0.0328. The maximum atomic E-state index is 10.5. The first kappa shape index (κ1) is 19.9. The number of hydrogen-bond acceptors (Lipinski definition) is 5. The first-order chi connectivity index (χ1) is 14.8. The molecule has 0 amide bonds. The highest BCUT2D eigenvalue weighted by atomic mass is 16.5. The lowest BCUT2D eigenvalue weighted by Crippen LogP contribution is -2.29. The fourth-order valence-corrected chi connectivity index (χ4v) is 4.66. The van der Waals surface area contributed by atoms with Crippen LogP contribution in [0.1, 0.15) is 62.0 Å². The van der Waals surface area contributed by atoms with Crippen LogP contribution in [0.15, 0.2) is 35.9 Å². The van der Waals surface area contributed by atoms with Gasteiger partial charge in [0.2, 0.25) is 0 Å². The van der Waals surface area contributed by atoms with Crippen molar-refractivity contribution in [3.8, 4) is 28.7 Å². The fraction of sp³-hybridized carbons (Fsp3) is 0.385. The van der Waals surface area contributed by atoms with E-state index in [4.69, 9.17) is 18.9 Å². The van der Waals surface area contributed by atoms with E-state index < -0.39 is 0 Å². The van der Waals surface area contributed by atoms with Crippen molar-refractivity contribution in [2.24, 2.45) is 0 Å². The van der Waals surface area contributed by atoms with Gasteiger partial charge in [0.25, 0.3) is 0 Å². The molecule has 0 aliphatic carbocycles. The minimum Gasteiger partial charge on any atom is -0.508 e. The van der Waals surface area contributed by atoms with Crippen molar-refractivity contribution in [3.05, 3.63) is 58.2 Å². The molecule has 5 nitrogen and oxygen atoms in total. The third kappa shape index (κ3) is 3.14. The number of rotatable bonds is 3. The molecule has 3 heterocycles. The molecule has 0 fully saturated rings. The lowest BCUT2D eigenvalue weighted by molar-refractivity contribution is 0.130. The van der Waals surface area contributed by atoms with Crippen molar-refractivity contribution in [2.75, 3.05) is 13.7 Å². The Labute approximate surface area is 182 Å². The summed E-state index contributed by atoms with van der Waals surface area (Å²) in [6, 6.07) is 5.66. The second kappa shape index (κ2) is 6.98. The summed E-state index contributed by atoms with van der Waals surface area (Å²) in [4.78, 5) is 0. The molecule has 2 atom stereocenters. The molecule has 0 saturated heterocycles. The van der Waals surface area contributed by atoms with Crippen LogP contribution < -0.4 is 18.9 Å². The van der Waals surface area contributed by atoms with E-state index in [-0.39, 0.29) is 23.4 Å². The van der Waals surface area contributed by atoms with Gasteiger partial charge >= 0.3 is 0 Å². The van der Waals surface area contributed by atoms with Crippen LogP contribution in [0, 0.1) is 0 Å². The van der Waals surface area contributed by atoms with E-state index in [0.717, 1.165) is 45.3 Å². The van der Waals surface area contributed by atoms with Crippen molar-refractivity contribution in [2.45, 2.75) is 51.7 Å². The van der Waals surface area contributed by atoms with Gasteiger partial charge < -0.3 is 24.1 Å². The average molecular weight is 421 g/mol. The van der Waals surface area contributed by atoms with Crippen molar-refractivity contribution in [3.63, 3.8) is 0 Å². The second-order valence-electron chi connectivity index (χ2n) is 9.20. The molecule has 162 valence electrons. The third-order valence-corrected chi connectivity index (χ3v) is 6.20. The van der Waals surface area contributed by atoms with E-state index in [2.05, 4.69) is 26.0 Å². The van der Waals surface area contributed by atoms with Crippen molar-refractivity contribution >= 4 is 6.08 Å². The number of aromatic hydroxyl groups is 1. The summed E-state index contributed by atoms with van der Waals surface area (Å²) in [5.41, 5.74) is 4.49. The molecule has 0 saturated carbocycles. The van der Waals surface area contributed by atoms with Gasteiger partial charge in [-0.3, -0.25) is 0 Å². The minimum atomic E-state index is -0.388. The molecule has 0 aromatic heterocycles. The van der Waals surface area contributed by atoms with Crippen LogP contribution in [0.3, 0.4) is 0 Å². The van der Waals surface area contributed by atoms with Crippen LogP contribution in [-0.2, 0) is 6.42 Å². The molecule has 0 bridgehead atoms. The van der Waals surface area contributed by atoms with Gasteiger partial charge in [0.1, 0.15) is 40.5 Å². The van der Waals surface area contributed by atoms with Gasteiger partial charge in [-0.2, -0.15) is 0 Å². The SMILES string of the molecule is COc1c2c(cc3c1[C@H]1Oc4c(ccc(O)c4CC=C(C)C)[C@H]1CO3)OC(C)(C)C=C2. The van der Waals surface area contributed by atoms with Crippen molar-refractivity contribution in [1.29, 1.82) is 0 Å². The Morgan fingerprint density at radius 2 is 2.06 bits per heavy atom. The van der Waals surface area contributed by atoms with Crippen LogP contribution in [-0.4, -0.2) is 24.4 Å². The largest absolute Gasteiger partial charge is 0.508 e. The molecule has 0 unspecified atom stereocenters. The van der Waals surface area contributed by atoms with Crippen LogP contribution >= 0.6 is 0 Å². The fourth-order valence-electron chi connectivity index (χ4n) is 4.66. The third-order valence-electron chi connectivity index (χ3n) is 6.20. The Hall–Kier alpha value is -3.08. The topological polar surface area (TPSA) is 57.2 Å². The molecule has 3 aliphatic rings. The summed E-state index contributed by atoms with van der Waals surface area (Å²) >= 11 is 0. The van der Waals surface area contributed by atoms with Gasteiger partial charge in [-0.15, -0.1) is 0 Å². The van der Waals surface area contributed by atoms with Crippen molar-refractivity contribution in [1.82, 2.24) is 0 Å². The number of hydrogen-bond donors (Lipinski definition) is 1. The molecular weight excluding hydrogens is 392 g/mol. The molecule has 5 heteroatoms. The smallest absolute Gasteiger partial charge is 0.141 e. The Morgan fingerprint density at radius 1 is 1.26 bits per heavy atom. The number of phenolic OH excluding ortho intramolecular Hbond substituents is 1. The quantitative estimate of drug-likeness (QED) is 0.645. The zero-order valence-electron chi connectivity index (χ0n) is 18.6. The van der Waals surface area contributed by atoms with Gasteiger partial charge in [-0.05, 0) is 52.3 Å². The van der Waals surface area contributed by atoms with Crippen LogP contribution in [0.4, 0.5) is 0 Å². The predicted octanol–water partition coefficient (Wildman–Crippen LogP) is 5.70. The zero-order chi connectivity index (χ0) is 21.9. The Morgan fingerprint density at radius 3 is 2.81 bits per heavy atom. The summed E-state index contributed by atoms with van der Waals surface area (Å²) in [6.45, 7) is 8.64. The number of ether oxygens (including phenoxy) is 4. The number of benzene rings is 2. The van der Waals surface area contributed by atoms with Crippen molar-refractivity contribution < 1.29 is 24.1 Å². The maximum absolute atomic E-state index is 10.5. The summed E-state index contributed by atoms with van der Waals surface area (Å²) in [5.74, 6) is 3.25. The first-order valence-electron chi connectivity index (χ1n) is 10.7. The summed E-state index contributed by atoms with van der Waals surface area (Å²) in [6.07, 6.45) is 6.57. The molecule has 2 aromatic rings. The molecule has 2 aromatic carbocycles. The Kier molecular flexibility index (Phi) is 4.47. The molecule has 5 rings (SSSR count). The van der Waals surface area contributed by atoms with Crippen LogP contribution in [0.25, 0.3) is 6.08 Å². The van der Waals surface area contributed by atoms with Gasteiger partial charge in [0, 0.05) is 17.2 Å². The van der Waals surface area contributed by atoms with Gasteiger partial charge in [-0.25, -0.2) is 0 Å². The number of allylic oxidation sites excluding steroid dienone is 2. The van der Waals surface area contributed by atoms with Gasteiger partial charge in [-0.1, -0.05) is 17.7 Å². The maximum Gasteiger partial charge on any atom is 0.141 e. The molecule has 0 radical (unpaired) electrons. The molecule has 3 aliphatic heterocycles. The summed E-state index contributed by atoms with van der Waals surface area (Å²) in [7, 11) is 1.67. The van der Waals surface area contributed by atoms with Crippen LogP contribution in [0.5, 0.6) is 28.7 Å². The summed E-state index contributed by atoms with van der Waals surface area (Å²) < 4.78 is 24.8. The van der Waals surface area contributed by atoms with Crippen LogP contribution in [0.2, 0.25) is 0 Å². The van der Waals surface area contributed by atoms with E-state index >= 15 is 0 Å². The molecule has 1 N–H and O–H groups in total. The first-order valence-corrected chi connectivity index (χ1v) is 10.7. The Balaban J connectivity index is 1.62. The molecule has 0 spiro atoms. The Bertz CT molecular complexity index is 1120. The molecule has 31 heavy (non-hydrogen) atoms. The zero-order valence-corrected chi connectivity index (χ0v) is 18.6. The predicted molar refractivity (Wildman–Crippen MR) is 120 cm³/mol. The lowest BCUT2D eigenvalue weighted by Gasteiger charge is -2.34. The average Bonchev–Trinajstić information content (AvgIpc) is 3.09. The summed E-state index contributed by atoms with van der Waals surface area (Å²) in [5, 5.41) is 10.5. The highest BCUT2D eigenvalue weighted by Crippen LogP contribution is 2.58. The number of methoxy groups -OCH3 is 1. The number of phenols is 1. The van der Waals surface area contributed by atoms with E-state index in [1.165, 1.54) is 5.57 Å². The van der Waals surface area contributed by atoms with E-state index in [1.54, 1.807) is 13.2 Å². The second-order valence-corrected chi connectivity index (χ2v) is 9.20. The lowest BCUT2D eigenvalue weighted by atomic mass is 9.86. The van der Waals surface area contributed by atoms with Gasteiger partial charge in [0.05, 0.1) is 30.8 Å². The highest BCUT2D eigenvalue weighted by Gasteiger charge is 2.45.